The SMILES string of the molecule is CCOC(=O)C1=C(CN2CCN(c3oc(-c4ccco4)nc3C#N)CC2)NC(=O)NC1C. The average Bonchev–Trinajstić information content (AvgIpc) is 3.44. The first-order chi connectivity index (χ1) is 15.5. The number of ether oxygens (including phenoxy) is 1. The van der Waals surface area contributed by atoms with Crippen LogP contribution in [0.5, 0.6) is 0 Å². The van der Waals surface area contributed by atoms with Crippen molar-refractivity contribution in [2.45, 2.75) is 19.9 Å². The molecule has 0 spiro atoms. The van der Waals surface area contributed by atoms with Crippen molar-refractivity contribution >= 4 is 17.9 Å². The van der Waals surface area contributed by atoms with Gasteiger partial charge in [-0.2, -0.15) is 10.2 Å². The van der Waals surface area contributed by atoms with Crippen LogP contribution in [0.3, 0.4) is 0 Å². The number of nitriles is 1. The van der Waals surface area contributed by atoms with Crippen LogP contribution in [0.15, 0.2) is 38.5 Å². The maximum absolute atomic E-state index is 12.4. The summed E-state index contributed by atoms with van der Waals surface area (Å²) in [5, 5.41) is 14.9. The molecule has 2 aliphatic rings. The number of nitrogens with one attached hydrogen (secondary N) is 2. The maximum Gasteiger partial charge on any atom is 0.337 e. The first-order valence-corrected chi connectivity index (χ1v) is 10.4. The standard InChI is InChI=1S/C21H24N6O5/c1-3-30-20(28)17-13(2)23-21(29)25-15(17)12-26-6-8-27(9-7-26)19-14(11-22)24-18(32-19)16-5-4-10-31-16/h4-5,10,13H,3,6-9,12H2,1-2H3,(H2,23,25,29). The maximum atomic E-state index is 12.4. The Morgan fingerprint density at radius 1 is 1.38 bits per heavy atom. The number of amides is 2. The summed E-state index contributed by atoms with van der Waals surface area (Å²) in [6, 6.07) is 4.74. The van der Waals surface area contributed by atoms with Gasteiger partial charge in [0.2, 0.25) is 11.6 Å². The van der Waals surface area contributed by atoms with Crippen LogP contribution in [0, 0.1) is 11.3 Å². The van der Waals surface area contributed by atoms with Crippen LogP contribution in [0.25, 0.3) is 11.7 Å². The Hall–Kier alpha value is -3.78. The topological polar surface area (TPSA) is 137 Å². The highest BCUT2D eigenvalue weighted by atomic mass is 16.5. The quantitative estimate of drug-likeness (QED) is 0.639. The Bertz CT molecular complexity index is 1060. The molecule has 1 fully saturated rings. The zero-order chi connectivity index (χ0) is 22.7. The summed E-state index contributed by atoms with van der Waals surface area (Å²) >= 11 is 0. The number of carbonyl (C=O) groups excluding carboxylic acids is 2. The van der Waals surface area contributed by atoms with Crippen molar-refractivity contribution in [3.05, 3.63) is 35.4 Å². The lowest BCUT2D eigenvalue weighted by Crippen LogP contribution is -2.53. The first-order valence-electron chi connectivity index (χ1n) is 10.4. The number of rotatable bonds is 6. The predicted octanol–water partition coefficient (Wildman–Crippen LogP) is 1.45. The first kappa shape index (κ1) is 21.5. The summed E-state index contributed by atoms with van der Waals surface area (Å²) in [4.78, 5) is 32.7. The van der Waals surface area contributed by atoms with Crippen LogP contribution < -0.4 is 15.5 Å². The van der Waals surface area contributed by atoms with E-state index in [9.17, 15) is 14.9 Å². The lowest BCUT2D eigenvalue weighted by atomic mass is 10.0. The Morgan fingerprint density at radius 2 is 2.16 bits per heavy atom. The number of hydrogen-bond acceptors (Lipinski definition) is 9. The van der Waals surface area contributed by atoms with E-state index in [1.807, 2.05) is 4.90 Å². The number of nitrogens with zero attached hydrogens (tertiary/aromatic N) is 4. The van der Waals surface area contributed by atoms with E-state index in [0.29, 0.717) is 55.6 Å². The lowest BCUT2D eigenvalue weighted by molar-refractivity contribution is -0.139. The fourth-order valence-corrected chi connectivity index (χ4v) is 3.84. The minimum absolute atomic E-state index is 0.205. The predicted molar refractivity (Wildman–Crippen MR) is 112 cm³/mol. The number of esters is 1. The van der Waals surface area contributed by atoms with E-state index in [2.05, 4.69) is 26.6 Å². The average molecular weight is 440 g/mol. The van der Waals surface area contributed by atoms with Crippen LogP contribution in [-0.2, 0) is 9.53 Å². The molecular formula is C21H24N6O5. The Balaban J connectivity index is 1.46. The third-order valence-corrected chi connectivity index (χ3v) is 5.35. The van der Waals surface area contributed by atoms with Crippen molar-refractivity contribution < 1.29 is 23.2 Å². The molecule has 11 nitrogen and oxygen atoms in total. The summed E-state index contributed by atoms with van der Waals surface area (Å²) in [5.74, 6) is 0.695. The number of piperazine rings is 1. The molecule has 168 valence electrons. The fraction of sp³-hybridized carbons (Fsp3) is 0.429. The fourth-order valence-electron chi connectivity index (χ4n) is 3.84. The van der Waals surface area contributed by atoms with Gasteiger partial charge in [-0.25, -0.2) is 9.59 Å². The summed E-state index contributed by atoms with van der Waals surface area (Å²) in [5.41, 5.74) is 1.18. The van der Waals surface area contributed by atoms with Gasteiger partial charge >= 0.3 is 12.0 Å². The number of anilines is 1. The van der Waals surface area contributed by atoms with Gasteiger partial charge in [-0.1, -0.05) is 0 Å². The van der Waals surface area contributed by atoms with Gasteiger partial charge in [0, 0.05) is 38.4 Å². The molecule has 4 rings (SSSR count). The van der Waals surface area contributed by atoms with E-state index in [1.165, 1.54) is 6.26 Å². The van der Waals surface area contributed by atoms with Gasteiger partial charge in [-0.05, 0) is 26.0 Å². The van der Waals surface area contributed by atoms with E-state index < -0.39 is 12.0 Å². The second-order valence-corrected chi connectivity index (χ2v) is 7.46. The van der Waals surface area contributed by atoms with Crippen molar-refractivity contribution in [2.24, 2.45) is 0 Å². The molecule has 0 radical (unpaired) electrons. The molecule has 11 heteroatoms. The molecule has 1 atom stereocenters. The summed E-state index contributed by atoms with van der Waals surface area (Å²) in [7, 11) is 0. The zero-order valence-corrected chi connectivity index (χ0v) is 17.9. The highest BCUT2D eigenvalue weighted by molar-refractivity contribution is 5.94. The van der Waals surface area contributed by atoms with E-state index in [0.717, 1.165) is 0 Å². The molecular weight excluding hydrogens is 416 g/mol. The molecule has 2 aliphatic heterocycles. The molecule has 2 aromatic heterocycles. The minimum Gasteiger partial charge on any atom is -0.463 e. The van der Waals surface area contributed by atoms with Crippen molar-refractivity contribution in [3.63, 3.8) is 0 Å². The van der Waals surface area contributed by atoms with Crippen LogP contribution in [0.4, 0.5) is 10.7 Å². The number of hydrogen-bond donors (Lipinski definition) is 2. The number of oxazole rings is 1. The van der Waals surface area contributed by atoms with Gasteiger partial charge in [-0.15, -0.1) is 0 Å². The number of aromatic nitrogens is 1. The van der Waals surface area contributed by atoms with E-state index in [4.69, 9.17) is 13.6 Å². The number of urea groups is 1. The summed E-state index contributed by atoms with van der Waals surface area (Å²) in [6.45, 7) is 6.61. The van der Waals surface area contributed by atoms with Crippen LogP contribution in [-0.4, -0.2) is 67.3 Å². The van der Waals surface area contributed by atoms with Gasteiger partial charge < -0.3 is 29.1 Å². The largest absolute Gasteiger partial charge is 0.463 e. The van der Waals surface area contributed by atoms with Crippen molar-refractivity contribution in [1.82, 2.24) is 20.5 Å². The molecule has 0 aromatic carbocycles. The Morgan fingerprint density at radius 3 is 2.81 bits per heavy atom. The molecule has 0 saturated carbocycles. The summed E-state index contributed by atoms with van der Waals surface area (Å²) in [6.07, 6.45) is 1.52. The van der Waals surface area contributed by atoms with Gasteiger partial charge in [0.1, 0.15) is 6.07 Å². The molecule has 4 heterocycles. The normalized spacial score (nSPS) is 19.3. The third kappa shape index (κ3) is 4.31. The highest BCUT2D eigenvalue weighted by Gasteiger charge is 2.32. The highest BCUT2D eigenvalue weighted by Crippen LogP contribution is 2.29. The molecule has 0 aliphatic carbocycles. The van der Waals surface area contributed by atoms with Gasteiger partial charge in [0.15, 0.2) is 5.76 Å². The molecule has 1 unspecified atom stereocenters. The molecule has 2 amide bonds. The lowest BCUT2D eigenvalue weighted by Gasteiger charge is -2.36. The van der Waals surface area contributed by atoms with Crippen LogP contribution in [0.2, 0.25) is 0 Å². The Labute approximate surface area is 184 Å². The van der Waals surface area contributed by atoms with Crippen LogP contribution >= 0.6 is 0 Å². The molecule has 0 bridgehead atoms. The van der Waals surface area contributed by atoms with E-state index >= 15 is 0 Å². The van der Waals surface area contributed by atoms with Gasteiger partial charge in [0.25, 0.3) is 5.89 Å². The molecule has 1 saturated heterocycles. The van der Waals surface area contributed by atoms with Gasteiger partial charge in [0.05, 0.1) is 24.5 Å². The number of furan rings is 1. The smallest absolute Gasteiger partial charge is 0.337 e. The second kappa shape index (κ2) is 9.15. The second-order valence-electron chi connectivity index (χ2n) is 7.46. The van der Waals surface area contributed by atoms with E-state index in [1.54, 1.807) is 26.0 Å². The summed E-state index contributed by atoms with van der Waals surface area (Å²) < 4.78 is 16.3. The van der Waals surface area contributed by atoms with Crippen molar-refractivity contribution in [1.29, 1.82) is 5.26 Å². The minimum atomic E-state index is -0.438. The zero-order valence-electron chi connectivity index (χ0n) is 17.9. The monoisotopic (exact) mass is 440 g/mol. The molecule has 32 heavy (non-hydrogen) atoms. The third-order valence-electron chi connectivity index (χ3n) is 5.35. The number of carbonyl (C=O) groups is 2. The van der Waals surface area contributed by atoms with E-state index in [-0.39, 0.29) is 24.2 Å². The van der Waals surface area contributed by atoms with Crippen molar-refractivity contribution in [2.75, 3.05) is 44.2 Å². The van der Waals surface area contributed by atoms with Crippen LogP contribution in [0.1, 0.15) is 19.5 Å². The Kier molecular flexibility index (Phi) is 6.13. The molecule has 2 aromatic rings. The van der Waals surface area contributed by atoms with Crippen molar-refractivity contribution in [3.8, 4) is 17.7 Å². The van der Waals surface area contributed by atoms with Gasteiger partial charge in [-0.3, -0.25) is 4.90 Å². The molecule has 2 N–H and O–H groups in total.